The van der Waals surface area contributed by atoms with Crippen LogP contribution in [0.15, 0.2) is 0 Å². The second-order valence-corrected chi connectivity index (χ2v) is 4.09. The predicted molar refractivity (Wildman–Crippen MR) is 52.7 cm³/mol. The third kappa shape index (κ3) is 2.84. The lowest BCUT2D eigenvalue weighted by Crippen LogP contribution is -2.03. The van der Waals surface area contributed by atoms with E-state index in [1.807, 2.05) is 0 Å². The van der Waals surface area contributed by atoms with Crippen molar-refractivity contribution in [2.45, 2.75) is 53.9 Å². The monoisotopic (exact) mass is 156 g/mol. The van der Waals surface area contributed by atoms with Gasteiger partial charge < -0.3 is 0 Å². The molecular weight excluding hydrogens is 132 g/mol. The maximum atomic E-state index is 2.36. The van der Waals surface area contributed by atoms with Crippen LogP contribution in [0, 0.1) is 17.8 Å². The SMILES string of the molecule is C.CCC1CCC(C(C)C)C1. The summed E-state index contributed by atoms with van der Waals surface area (Å²) in [7, 11) is 0. The highest BCUT2D eigenvalue weighted by molar-refractivity contribution is 4.76. The normalized spacial score (nSPS) is 30.5. The summed E-state index contributed by atoms with van der Waals surface area (Å²) in [5, 5.41) is 0. The largest absolute Gasteiger partial charge is 0.0776 e. The molecule has 0 amide bonds. The van der Waals surface area contributed by atoms with Crippen molar-refractivity contribution in [2.24, 2.45) is 17.8 Å². The zero-order valence-corrected chi connectivity index (χ0v) is 7.56. The first-order valence-electron chi connectivity index (χ1n) is 4.74. The van der Waals surface area contributed by atoms with Gasteiger partial charge in [-0.25, -0.2) is 0 Å². The van der Waals surface area contributed by atoms with Crippen LogP contribution in [0.4, 0.5) is 0 Å². The molecule has 1 fully saturated rings. The molecule has 0 heterocycles. The summed E-state index contributed by atoms with van der Waals surface area (Å²) in [4.78, 5) is 0. The zero-order chi connectivity index (χ0) is 7.56. The van der Waals surface area contributed by atoms with Gasteiger partial charge in [0.25, 0.3) is 0 Å². The van der Waals surface area contributed by atoms with Gasteiger partial charge in [-0.2, -0.15) is 0 Å². The highest BCUT2D eigenvalue weighted by atomic mass is 14.3. The van der Waals surface area contributed by atoms with Gasteiger partial charge >= 0.3 is 0 Å². The molecule has 2 unspecified atom stereocenters. The van der Waals surface area contributed by atoms with Crippen LogP contribution in [-0.4, -0.2) is 0 Å². The fourth-order valence-electron chi connectivity index (χ4n) is 2.09. The average Bonchev–Trinajstić information content (AvgIpc) is 2.34. The van der Waals surface area contributed by atoms with E-state index in [4.69, 9.17) is 0 Å². The van der Waals surface area contributed by atoms with E-state index in [1.54, 1.807) is 0 Å². The van der Waals surface area contributed by atoms with Crippen molar-refractivity contribution < 1.29 is 0 Å². The molecule has 0 bridgehead atoms. The molecule has 0 spiro atoms. The molecule has 0 aromatic rings. The van der Waals surface area contributed by atoms with Crippen LogP contribution in [0.3, 0.4) is 0 Å². The first-order chi connectivity index (χ1) is 4.74. The van der Waals surface area contributed by atoms with Crippen LogP contribution in [0.5, 0.6) is 0 Å². The predicted octanol–water partition coefficient (Wildman–Crippen LogP) is 4.10. The maximum absolute atomic E-state index is 2.36. The molecule has 0 aromatic heterocycles. The topological polar surface area (TPSA) is 0 Å². The van der Waals surface area contributed by atoms with Crippen molar-refractivity contribution >= 4 is 0 Å². The number of rotatable bonds is 2. The molecule has 0 heteroatoms. The Balaban J connectivity index is 0.000001000. The van der Waals surface area contributed by atoms with Crippen molar-refractivity contribution in [2.75, 3.05) is 0 Å². The molecule has 1 aliphatic rings. The fourth-order valence-corrected chi connectivity index (χ4v) is 2.09. The molecule has 0 radical (unpaired) electrons. The molecule has 0 nitrogen and oxygen atoms in total. The second kappa shape index (κ2) is 4.79. The van der Waals surface area contributed by atoms with Gasteiger partial charge in [-0.3, -0.25) is 0 Å². The van der Waals surface area contributed by atoms with Gasteiger partial charge in [-0.1, -0.05) is 41.0 Å². The van der Waals surface area contributed by atoms with Gasteiger partial charge in [0.2, 0.25) is 0 Å². The van der Waals surface area contributed by atoms with E-state index in [0.717, 1.165) is 17.8 Å². The third-order valence-corrected chi connectivity index (χ3v) is 3.10. The number of hydrogen-bond donors (Lipinski definition) is 0. The van der Waals surface area contributed by atoms with Crippen molar-refractivity contribution in [3.63, 3.8) is 0 Å². The van der Waals surface area contributed by atoms with Gasteiger partial charge in [0.15, 0.2) is 0 Å². The van der Waals surface area contributed by atoms with Crippen molar-refractivity contribution in [1.29, 1.82) is 0 Å². The first-order valence-corrected chi connectivity index (χ1v) is 4.74. The standard InChI is InChI=1S/C10H20.CH4/c1-4-9-5-6-10(7-9)8(2)3;/h8-10H,4-7H2,1-3H3;1H4. The summed E-state index contributed by atoms with van der Waals surface area (Å²) in [6.07, 6.45) is 5.91. The highest BCUT2D eigenvalue weighted by Gasteiger charge is 2.24. The van der Waals surface area contributed by atoms with Crippen LogP contribution in [0.2, 0.25) is 0 Å². The lowest BCUT2D eigenvalue weighted by molar-refractivity contribution is 0.376. The van der Waals surface area contributed by atoms with Crippen LogP contribution in [0.25, 0.3) is 0 Å². The molecule has 1 aliphatic carbocycles. The van der Waals surface area contributed by atoms with E-state index in [9.17, 15) is 0 Å². The van der Waals surface area contributed by atoms with Crippen molar-refractivity contribution in [3.8, 4) is 0 Å². The minimum Gasteiger partial charge on any atom is -0.0776 e. The summed E-state index contributed by atoms with van der Waals surface area (Å²) in [5.74, 6) is 3.04. The van der Waals surface area contributed by atoms with Crippen molar-refractivity contribution in [1.82, 2.24) is 0 Å². The summed E-state index contributed by atoms with van der Waals surface area (Å²) < 4.78 is 0. The average molecular weight is 156 g/mol. The van der Waals surface area contributed by atoms with E-state index >= 15 is 0 Å². The van der Waals surface area contributed by atoms with E-state index in [0.29, 0.717) is 0 Å². The Labute approximate surface area is 72.4 Å². The third-order valence-electron chi connectivity index (χ3n) is 3.10. The van der Waals surface area contributed by atoms with Crippen molar-refractivity contribution in [3.05, 3.63) is 0 Å². The molecule has 1 saturated carbocycles. The van der Waals surface area contributed by atoms with Gasteiger partial charge in [0.1, 0.15) is 0 Å². The maximum Gasteiger partial charge on any atom is -0.0388 e. The smallest absolute Gasteiger partial charge is 0.0388 e. The Hall–Kier alpha value is 0. The molecule has 1 rings (SSSR count). The van der Waals surface area contributed by atoms with Gasteiger partial charge in [-0.05, 0) is 30.6 Å². The Morgan fingerprint density at radius 1 is 1.27 bits per heavy atom. The van der Waals surface area contributed by atoms with Gasteiger partial charge in [-0.15, -0.1) is 0 Å². The Morgan fingerprint density at radius 2 is 1.91 bits per heavy atom. The summed E-state index contributed by atoms with van der Waals surface area (Å²) in [6, 6.07) is 0. The molecule has 0 saturated heterocycles. The molecule has 2 atom stereocenters. The fraction of sp³-hybridized carbons (Fsp3) is 1.00. The van der Waals surface area contributed by atoms with Crippen LogP contribution >= 0.6 is 0 Å². The minimum atomic E-state index is 0. The summed E-state index contributed by atoms with van der Waals surface area (Å²) in [5.41, 5.74) is 0. The van der Waals surface area contributed by atoms with Crippen LogP contribution < -0.4 is 0 Å². The molecule has 0 aromatic carbocycles. The van der Waals surface area contributed by atoms with Gasteiger partial charge in [0, 0.05) is 0 Å². The quantitative estimate of drug-likeness (QED) is 0.564. The van der Waals surface area contributed by atoms with E-state index in [1.165, 1.54) is 25.7 Å². The lowest BCUT2D eigenvalue weighted by atomic mass is 9.93. The molecular formula is C11H24. The first kappa shape index (κ1) is 11.0. The van der Waals surface area contributed by atoms with Gasteiger partial charge in [0.05, 0.1) is 0 Å². The van der Waals surface area contributed by atoms with E-state index < -0.39 is 0 Å². The lowest BCUT2D eigenvalue weighted by Gasteiger charge is -2.13. The molecule has 0 N–H and O–H groups in total. The van der Waals surface area contributed by atoms with E-state index in [2.05, 4.69) is 20.8 Å². The molecule has 11 heavy (non-hydrogen) atoms. The Morgan fingerprint density at radius 3 is 2.18 bits per heavy atom. The highest BCUT2D eigenvalue weighted by Crippen LogP contribution is 2.36. The van der Waals surface area contributed by atoms with Crippen LogP contribution in [-0.2, 0) is 0 Å². The molecule has 0 aliphatic heterocycles. The van der Waals surface area contributed by atoms with Crippen LogP contribution in [0.1, 0.15) is 53.9 Å². The molecule has 68 valence electrons. The minimum absolute atomic E-state index is 0. The summed E-state index contributed by atoms with van der Waals surface area (Å²) >= 11 is 0. The van der Waals surface area contributed by atoms with E-state index in [-0.39, 0.29) is 7.43 Å². The summed E-state index contributed by atoms with van der Waals surface area (Å²) in [6.45, 7) is 7.05. The second-order valence-electron chi connectivity index (χ2n) is 4.09. The Kier molecular flexibility index (Phi) is 4.79. The number of hydrogen-bond acceptors (Lipinski definition) is 0. The Bertz CT molecular complexity index is 94.2. The zero-order valence-electron chi connectivity index (χ0n) is 7.56.